The van der Waals surface area contributed by atoms with Crippen LogP contribution in [0.4, 0.5) is 5.69 Å². The van der Waals surface area contributed by atoms with Gasteiger partial charge in [0.2, 0.25) is 0 Å². The van der Waals surface area contributed by atoms with Gasteiger partial charge in [-0.05, 0) is 18.6 Å². The van der Waals surface area contributed by atoms with Crippen LogP contribution in [0.1, 0.15) is 6.42 Å². The summed E-state index contributed by atoms with van der Waals surface area (Å²) in [6.07, 6.45) is 2.73. The van der Waals surface area contributed by atoms with E-state index in [1.807, 2.05) is 18.2 Å². The van der Waals surface area contributed by atoms with Crippen LogP contribution in [0.15, 0.2) is 48.0 Å². The van der Waals surface area contributed by atoms with Crippen LogP contribution in [0.3, 0.4) is 0 Å². The van der Waals surface area contributed by atoms with Crippen molar-refractivity contribution in [1.82, 2.24) is 5.32 Å². The Morgan fingerprint density at radius 3 is 2.83 bits per heavy atom. The molecule has 18 heavy (non-hydrogen) atoms. The lowest BCUT2D eigenvalue weighted by Crippen LogP contribution is -2.32. The highest BCUT2D eigenvalue weighted by Crippen LogP contribution is 2.10. The fraction of sp³-hybridized carbons (Fsp3) is 0.357. The van der Waals surface area contributed by atoms with Crippen molar-refractivity contribution in [3.8, 4) is 0 Å². The van der Waals surface area contributed by atoms with Crippen molar-refractivity contribution in [3.63, 3.8) is 0 Å². The molecule has 1 aromatic rings. The Kier molecular flexibility index (Phi) is 6.40. The van der Waals surface area contributed by atoms with Crippen molar-refractivity contribution in [2.45, 2.75) is 6.42 Å². The summed E-state index contributed by atoms with van der Waals surface area (Å²) in [6, 6.07) is 10.3. The third-order valence-electron chi connectivity index (χ3n) is 2.56. The standard InChI is InChI=1S/C14H22N4/c1-3-10-16-14(15)17-11-7-12-18(2)13-8-5-4-6-9-13/h3-6,8-9H,1,7,10-12H2,2H3,(H3,15,16,17). The van der Waals surface area contributed by atoms with Gasteiger partial charge in [0.05, 0.1) is 0 Å². The first kappa shape index (κ1) is 14.1. The summed E-state index contributed by atoms with van der Waals surface area (Å²) < 4.78 is 0. The first-order chi connectivity index (χ1) is 8.74. The van der Waals surface area contributed by atoms with Crippen LogP contribution in [-0.2, 0) is 0 Å². The van der Waals surface area contributed by atoms with Crippen LogP contribution in [0.25, 0.3) is 0 Å². The molecule has 0 aliphatic carbocycles. The molecule has 0 radical (unpaired) electrons. The van der Waals surface area contributed by atoms with Gasteiger partial charge in [-0.2, -0.15) is 0 Å². The van der Waals surface area contributed by atoms with Gasteiger partial charge in [-0.25, -0.2) is 0 Å². The van der Waals surface area contributed by atoms with Gasteiger partial charge in [-0.3, -0.25) is 4.99 Å². The first-order valence-electron chi connectivity index (χ1n) is 6.15. The van der Waals surface area contributed by atoms with E-state index in [4.69, 9.17) is 5.73 Å². The maximum atomic E-state index is 5.67. The van der Waals surface area contributed by atoms with E-state index in [0.29, 0.717) is 12.5 Å². The summed E-state index contributed by atoms with van der Waals surface area (Å²) in [6.45, 7) is 5.95. The third-order valence-corrected chi connectivity index (χ3v) is 2.56. The quantitative estimate of drug-likeness (QED) is 0.332. The van der Waals surface area contributed by atoms with Crippen molar-refractivity contribution in [3.05, 3.63) is 43.0 Å². The monoisotopic (exact) mass is 246 g/mol. The smallest absolute Gasteiger partial charge is 0.188 e. The average Bonchev–Trinajstić information content (AvgIpc) is 2.42. The molecular weight excluding hydrogens is 224 g/mol. The molecule has 98 valence electrons. The molecular formula is C14H22N4. The highest BCUT2D eigenvalue weighted by atomic mass is 15.1. The Bertz CT molecular complexity index is 373. The number of nitrogens with one attached hydrogen (secondary N) is 1. The van der Waals surface area contributed by atoms with Crippen molar-refractivity contribution in [2.24, 2.45) is 10.7 Å². The topological polar surface area (TPSA) is 53.6 Å². The van der Waals surface area contributed by atoms with E-state index in [9.17, 15) is 0 Å². The van der Waals surface area contributed by atoms with Gasteiger partial charge < -0.3 is 16.0 Å². The zero-order chi connectivity index (χ0) is 13.2. The molecule has 0 aliphatic rings. The second-order valence-electron chi connectivity index (χ2n) is 4.05. The van der Waals surface area contributed by atoms with E-state index in [0.717, 1.165) is 19.5 Å². The van der Waals surface area contributed by atoms with E-state index in [-0.39, 0.29) is 0 Å². The molecule has 4 nitrogen and oxygen atoms in total. The predicted molar refractivity (Wildman–Crippen MR) is 79.0 cm³/mol. The van der Waals surface area contributed by atoms with Crippen molar-refractivity contribution < 1.29 is 0 Å². The summed E-state index contributed by atoms with van der Waals surface area (Å²) >= 11 is 0. The molecule has 0 spiro atoms. The van der Waals surface area contributed by atoms with E-state index < -0.39 is 0 Å². The first-order valence-corrected chi connectivity index (χ1v) is 6.15. The zero-order valence-corrected chi connectivity index (χ0v) is 11.0. The maximum Gasteiger partial charge on any atom is 0.188 e. The minimum atomic E-state index is 0.484. The number of nitrogens with zero attached hydrogens (tertiary/aromatic N) is 2. The molecule has 0 unspecified atom stereocenters. The number of rotatable bonds is 7. The number of hydrogen-bond donors (Lipinski definition) is 2. The van der Waals surface area contributed by atoms with Crippen LogP contribution >= 0.6 is 0 Å². The molecule has 0 fully saturated rings. The second kappa shape index (κ2) is 8.17. The summed E-state index contributed by atoms with van der Waals surface area (Å²) in [5.41, 5.74) is 6.89. The van der Waals surface area contributed by atoms with Crippen LogP contribution in [-0.4, -0.2) is 32.6 Å². The Morgan fingerprint density at radius 1 is 1.44 bits per heavy atom. The average molecular weight is 246 g/mol. The molecule has 0 amide bonds. The lowest BCUT2D eigenvalue weighted by molar-refractivity contribution is 0.791. The molecule has 0 atom stereocenters. The van der Waals surface area contributed by atoms with E-state index in [2.05, 4.69) is 41.0 Å². The molecule has 4 heteroatoms. The molecule has 0 aromatic heterocycles. The Balaban J connectivity index is 2.23. The Labute approximate surface area is 109 Å². The number of benzene rings is 1. The van der Waals surface area contributed by atoms with Crippen LogP contribution in [0, 0.1) is 0 Å². The number of hydrogen-bond acceptors (Lipinski definition) is 2. The fourth-order valence-corrected chi connectivity index (χ4v) is 1.55. The van der Waals surface area contributed by atoms with Gasteiger partial charge in [0.15, 0.2) is 5.96 Å². The largest absolute Gasteiger partial charge is 0.375 e. The number of anilines is 1. The molecule has 0 bridgehead atoms. The van der Waals surface area contributed by atoms with Gasteiger partial charge in [-0.1, -0.05) is 24.3 Å². The minimum Gasteiger partial charge on any atom is -0.375 e. The molecule has 0 aliphatic heterocycles. The molecule has 3 N–H and O–H groups in total. The molecule has 0 saturated heterocycles. The molecule has 1 rings (SSSR count). The minimum absolute atomic E-state index is 0.484. The normalized spacial score (nSPS) is 11.1. The Hall–Kier alpha value is -1.97. The Morgan fingerprint density at radius 2 is 2.17 bits per heavy atom. The number of nitrogens with two attached hydrogens (primary N) is 1. The summed E-state index contributed by atoms with van der Waals surface area (Å²) in [5, 5.41) is 2.95. The predicted octanol–water partition coefficient (Wildman–Crippen LogP) is 1.60. The lowest BCUT2D eigenvalue weighted by Gasteiger charge is -2.18. The maximum absolute atomic E-state index is 5.67. The molecule has 0 heterocycles. The van der Waals surface area contributed by atoms with E-state index in [1.165, 1.54) is 5.69 Å². The van der Waals surface area contributed by atoms with Gasteiger partial charge in [0.25, 0.3) is 0 Å². The summed E-state index contributed by atoms with van der Waals surface area (Å²) in [4.78, 5) is 6.45. The lowest BCUT2D eigenvalue weighted by atomic mass is 10.3. The number of aliphatic imine (C=N–C) groups is 1. The van der Waals surface area contributed by atoms with Crippen LogP contribution < -0.4 is 16.0 Å². The third kappa shape index (κ3) is 5.39. The van der Waals surface area contributed by atoms with E-state index in [1.54, 1.807) is 6.08 Å². The SMILES string of the molecule is C=CCNC(N)=NCCCN(C)c1ccccc1. The van der Waals surface area contributed by atoms with E-state index >= 15 is 0 Å². The summed E-state index contributed by atoms with van der Waals surface area (Å²) in [7, 11) is 2.08. The van der Waals surface area contributed by atoms with Crippen molar-refractivity contribution >= 4 is 11.6 Å². The van der Waals surface area contributed by atoms with Gasteiger partial charge in [-0.15, -0.1) is 6.58 Å². The summed E-state index contributed by atoms with van der Waals surface area (Å²) in [5.74, 6) is 0.484. The van der Waals surface area contributed by atoms with Crippen LogP contribution in [0.2, 0.25) is 0 Å². The fourth-order valence-electron chi connectivity index (χ4n) is 1.55. The zero-order valence-electron chi connectivity index (χ0n) is 11.0. The number of guanidine groups is 1. The van der Waals surface area contributed by atoms with Crippen molar-refractivity contribution in [2.75, 3.05) is 31.6 Å². The molecule has 0 saturated carbocycles. The van der Waals surface area contributed by atoms with Crippen LogP contribution in [0.5, 0.6) is 0 Å². The van der Waals surface area contributed by atoms with Gasteiger partial charge in [0, 0.05) is 32.4 Å². The highest BCUT2D eigenvalue weighted by molar-refractivity contribution is 5.77. The van der Waals surface area contributed by atoms with Gasteiger partial charge >= 0.3 is 0 Å². The highest BCUT2D eigenvalue weighted by Gasteiger charge is 1.98. The van der Waals surface area contributed by atoms with Gasteiger partial charge in [0.1, 0.15) is 0 Å². The molecule has 1 aromatic carbocycles. The second-order valence-corrected chi connectivity index (χ2v) is 4.05. The number of para-hydroxylation sites is 1. The van der Waals surface area contributed by atoms with Crippen molar-refractivity contribution in [1.29, 1.82) is 0 Å².